The quantitative estimate of drug-likeness (QED) is 0.682. The fourth-order valence-corrected chi connectivity index (χ4v) is 4.66. The van der Waals surface area contributed by atoms with Gasteiger partial charge in [0.05, 0.1) is 35.6 Å². The molecule has 1 amide bonds. The van der Waals surface area contributed by atoms with Crippen LogP contribution in [-0.4, -0.2) is 70.7 Å². The van der Waals surface area contributed by atoms with Gasteiger partial charge in [-0.15, -0.1) is 0 Å². The molecule has 1 unspecified atom stereocenters. The maximum Gasteiger partial charge on any atom is 0.222 e. The lowest BCUT2D eigenvalue weighted by Gasteiger charge is -2.31. The molecule has 0 radical (unpaired) electrons. The van der Waals surface area contributed by atoms with Crippen LogP contribution in [0.3, 0.4) is 0 Å². The molecule has 2 aromatic rings. The van der Waals surface area contributed by atoms with Crippen LogP contribution in [0, 0.1) is 0 Å². The zero-order chi connectivity index (χ0) is 22.0. The highest BCUT2D eigenvalue weighted by molar-refractivity contribution is 7.82. The number of carbonyl (C=O) groups excluding carboxylic acids is 1. The molecular formula is C22H28N4O4S. The Hall–Kier alpha value is -2.65. The van der Waals surface area contributed by atoms with Gasteiger partial charge < -0.3 is 19.3 Å². The summed E-state index contributed by atoms with van der Waals surface area (Å²) in [4.78, 5) is 20.9. The van der Waals surface area contributed by atoms with Crippen LogP contribution in [0.2, 0.25) is 0 Å². The van der Waals surface area contributed by atoms with Gasteiger partial charge in [-0.1, -0.05) is 6.92 Å². The van der Waals surface area contributed by atoms with Crippen molar-refractivity contribution in [3.63, 3.8) is 0 Å². The van der Waals surface area contributed by atoms with Gasteiger partial charge in [-0.3, -0.25) is 9.78 Å². The molecule has 166 valence electrons. The van der Waals surface area contributed by atoms with Crippen molar-refractivity contribution >= 4 is 28.3 Å². The Morgan fingerprint density at radius 3 is 2.90 bits per heavy atom. The van der Waals surface area contributed by atoms with Crippen molar-refractivity contribution in [1.29, 1.82) is 0 Å². The summed E-state index contributed by atoms with van der Waals surface area (Å²) in [6.07, 6.45) is 4.72. The highest BCUT2D eigenvalue weighted by Gasteiger charge is 2.28. The first-order valence-electron chi connectivity index (χ1n) is 10.5. The molecule has 1 saturated heterocycles. The maximum absolute atomic E-state index is 12.5. The van der Waals surface area contributed by atoms with Crippen molar-refractivity contribution in [2.75, 3.05) is 45.2 Å². The van der Waals surface area contributed by atoms with Gasteiger partial charge in [-0.05, 0) is 32.3 Å². The van der Waals surface area contributed by atoms with Crippen LogP contribution >= 0.6 is 0 Å². The summed E-state index contributed by atoms with van der Waals surface area (Å²) in [7, 11) is 2.28. The van der Waals surface area contributed by atoms with Gasteiger partial charge in [0.1, 0.15) is 35.2 Å². The first kappa shape index (κ1) is 21.6. The van der Waals surface area contributed by atoms with Crippen LogP contribution in [0.1, 0.15) is 19.8 Å². The monoisotopic (exact) mass is 444 g/mol. The van der Waals surface area contributed by atoms with Crippen LogP contribution in [0.4, 0.5) is 11.4 Å². The number of hydrogen-bond donors (Lipinski definition) is 0. The molecule has 31 heavy (non-hydrogen) atoms. The molecule has 0 bridgehead atoms. The highest BCUT2D eigenvalue weighted by atomic mass is 32.2. The van der Waals surface area contributed by atoms with E-state index in [0.29, 0.717) is 31.0 Å². The molecule has 2 aliphatic heterocycles. The molecule has 1 aromatic carbocycles. The lowest BCUT2D eigenvalue weighted by atomic mass is 10.2. The van der Waals surface area contributed by atoms with E-state index in [9.17, 15) is 9.00 Å². The Bertz CT molecular complexity index is 984. The average molecular weight is 445 g/mol. The topological polar surface area (TPSA) is 75.2 Å². The number of nitrogens with zero attached hydrogens (tertiary/aromatic N) is 4. The first-order valence-corrected chi connectivity index (χ1v) is 11.6. The number of hydrogen-bond acceptors (Lipinski definition) is 6. The molecule has 8 nitrogen and oxygen atoms in total. The fraction of sp³-hybridized carbons (Fsp3) is 0.455. The molecule has 0 aliphatic carbocycles. The number of likely N-dealkylation sites (tertiary alicyclic amines) is 1. The Morgan fingerprint density at radius 1 is 1.29 bits per heavy atom. The summed E-state index contributed by atoms with van der Waals surface area (Å²) in [6.45, 7) is 4.43. The summed E-state index contributed by atoms with van der Waals surface area (Å²) < 4.78 is 26.2. The molecule has 0 N–H and O–H groups in total. The average Bonchev–Trinajstić information content (AvgIpc) is 3.26. The molecule has 2 atom stereocenters. The fourth-order valence-electron chi connectivity index (χ4n) is 3.87. The molecule has 0 spiro atoms. The number of anilines is 2. The highest BCUT2D eigenvalue weighted by Crippen LogP contribution is 2.39. The second-order valence-corrected chi connectivity index (χ2v) is 9.49. The molecule has 0 saturated carbocycles. The summed E-state index contributed by atoms with van der Waals surface area (Å²) in [6, 6.07) is 7.68. The number of carbonyl (C=O) groups is 1. The Labute approximate surface area is 185 Å². The van der Waals surface area contributed by atoms with Crippen molar-refractivity contribution in [3.8, 4) is 11.5 Å². The molecule has 3 heterocycles. The molecule has 1 fully saturated rings. The van der Waals surface area contributed by atoms with E-state index in [-0.39, 0.29) is 12.0 Å². The second-order valence-electron chi connectivity index (χ2n) is 7.79. The van der Waals surface area contributed by atoms with E-state index in [1.54, 1.807) is 30.8 Å². The number of pyridine rings is 1. The Morgan fingerprint density at radius 2 is 2.13 bits per heavy atom. The predicted octanol–water partition coefficient (Wildman–Crippen LogP) is 2.59. The normalized spacial score (nSPS) is 19.2. The summed E-state index contributed by atoms with van der Waals surface area (Å²) in [5.41, 5.74) is 1.74. The van der Waals surface area contributed by atoms with Crippen LogP contribution in [0.5, 0.6) is 11.5 Å². The molecule has 9 heteroatoms. The van der Waals surface area contributed by atoms with E-state index in [0.717, 1.165) is 35.8 Å². The smallest absolute Gasteiger partial charge is 0.222 e. The van der Waals surface area contributed by atoms with Crippen LogP contribution in [-0.2, 0) is 15.8 Å². The summed E-state index contributed by atoms with van der Waals surface area (Å²) in [5, 5.41) is 0. The molecule has 4 rings (SSSR count). The molecule has 2 aliphatic rings. The van der Waals surface area contributed by atoms with Gasteiger partial charge in [0.2, 0.25) is 5.91 Å². The largest absolute Gasteiger partial charge is 0.490 e. The number of aromatic nitrogens is 1. The van der Waals surface area contributed by atoms with Crippen molar-refractivity contribution < 1.29 is 18.5 Å². The SMILES string of the molecule is CCC(=O)N1CC[C@H](Oc2ccc3c(c2)N(c2cncc(S(=O)N(C)C)c2)CCO3)C1. The van der Waals surface area contributed by atoms with Gasteiger partial charge in [0, 0.05) is 31.6 Å². The van der Waals surface area contributed by atoms with Gasteiger partial charge in [-0.25, -0.2) is 8.51 Å². The van der Waals surface area contributed by atoms with E-state index >= 15 is 0 Å². The van der Waals surface area contributed by atoms with E-state index in [1.165, 1.54) is 0 Å². The number of benzene rings is 1. The van der Waals surface area contributed by atoms with Crippen LogP contribution in [0.25, 0.3) is 0 Å². The number of ether oxygens (including phenoxy) is 2. The van der Waals surface area contributed by atoms with Crippen LogP contribution < -0.4 is 14.4 Å². The van der Waals surface area contributed by atoms with Gasteiger partial charge in [0.25, 0.3) is 0 Å². The van der Waals surface area contributed by atoms with Crippen molar-refractivity contribution in [2.45, 2.75) is 30.8 Å². The minimum Gasteiger partial charge on any atom is -0.490 e. The van der Waals surface area contributed by atoms with Gasteiger partial charge in [-0.2, -0.15) is 0 Å². The minimum absolute atomic E-state index is 0.0148. The van der Waals surface area contributed by atoms with Crippen molar-refractivity contribution in [2.24, 2.45) is 0 Å². The van der Waals surface area contributed by atoms with Gasteiger partial charge in [0.15, 0.2) is 0 Å². The summed E-state index contributed by atoms with van der Waals surface area (Å²) >= 11 is 0. The minimum atomic E-state index is -1.27. The van der Waals surface area contributed by atoms with Gasteiger partial charge >= 0.3 is 0 Å². The third kappa shape index (κ3) is 4.67. The first-order chi connectivity index (χ1) is 15.0. The predicted molar refractivity (Wildman–Crippen MR) is 119 cm³/mol. The van der Waals surface area contributed by atoms with Crippen molar-refractivity contribution in [1.82, 2.24) is 14.2 Å². The van der Waals surface area contributed by atoms with E-state index in [1.807, 2.05) is 36.1 Å². The van der Waals surface area contributed by atoms with E-state index in [4.69, 9.17) is 9.47 Å². The zero-order valence-electron chi connectivity index (χ0n) is 18.1. The second kappa shape index (κ2) is 9.23. The Kier molecular flexibility index (Phi) is 6.43. The lowest BCUT2D eigenvalue weighted by molar-refractivity contribution is -0.130. The number of amides is 1. The van der Waals surface area contributed by atoms with Crippen LogP contribution in [0.15, 0.2) is 41.6 Å². The third-order valence-corrected chi connectivity index (χ3v) is 6.73. The molecule has 1 aromatic heterocycles. The number of fused-ring (bicyclic) bond motifs is 1. The zero-order valence-corrected chi connectivity index (χ0v) is 18.9. The lowest BCUT2D eigenvalue weighted by Crippen LogP contribution is -2.30. The third-order valence-electron chi connectivity index (χ3n) is 5.44. The standard InChI is InChI=1S/C22H28N4O4S/c1-4-22(27)25-8-7-18(15-25)30-17-5-6-21-20(12-17)26(9-10-29-21)16-11-19(14-23-13-16)31(28)24(2)3/h5-6,11-14,18H,4,7-10,15H2,1-3H3/t18-,31?/m0/s1. The maximum atomic E-state index is 12.5. The van der Waals surface area contributed by atoms with E-state index in [2.05, 4.69) is 9.88 Å². The number of rotatable bonds is 6. The molecular weight excluding hydrogens is 416 g/mol. The summed E-state index contributed by atoms with van der Waals surface area (Å²) in [5.74, 6) is 1.68. The Balaban J connectivity index is 1.55. The van der Waals surface area contributed by atoms with E-state index < -0.39 is 11.0 Å². The van der Waals surface area contributed by atoms with Crippen molar-refractivity contribution in [3.05, 3.63) is 36.7 Å².